The highest BCUT2D eigenvalue weighted by Crippen LogP contribution is 2.23. The minimum absolute atomic E-state index is 0.0362. The highest BCUT2D eigenvalue weighted by Gasteiger charge is 2.28. The zero-order valence-corrected chi connectivity index (χ0v) is 10.2. The first-order valence-corrected chi connectivity index (χ1v) is 6.98. The summed E-state index contributed by atoms with van der Waals surface area (Å²) >= 11 is 0. The molecule has 1 saturated carbocycles. The first kappa shape index (κ1) is 13.2. The molecule has 16 heavy (non-hydrogen) atoms. The minimum Gasteiger partial charge on any atom is -0.409 e. The highest BCUT2D eigenvalue weighted by atomic mass is 32.2. The quantitative estimate of drug-likeness (QED) is 0.281. The second kappa shape index (κ2) is 5.49. The second-order valence-corrected chi connectivity index (χ2v) is 6.27. The van der Waals surface area contributed by atoms with Gasteiger partial charge in [-0.05, 0) is 12.8 Å². The van der Waals surface area contributed by atoms with Gasteiger partial charge in [-0.1, -0.05) is 24.9 Å². The molecule has 4 N–H and O–H groups in total. The summed E-state index contributed by atoms with van der Waals surface area (Å²) < 4.78 is 26.1. The SMILES string of the molecule is CC(CNS(=O)(=O)C1CCCC1)C(N)=NO. The van der Waals surface area contributed by atoms with Gasteiger partial charge in [0.1, 0.15) is 5.84 Å². The summed E-state index contributed by atoms with van der Waals surface area (Å²) in [6.45, 7) is 1.88. The van der Waals surface area contributed by atoms with Gasteiger partial charge in [-0.3, -0.25) is 0 Å². The monoisotopic (exact) mass is 249 g/mol. The topological polar surface area (TPSA) is 105 Å². The molecule has 0 spiro atoms. The number of rotatable bonds is 5. The lowest BCUT2D eigenvalue weighted by Crippen LogP contribution is -2.38. The molecule has 0 saturated heterocycles. The Morgan fingerprint density at radius 3 is 2.62 bits per heavy atom. The number of nitrogens with two attached hydrogens (primary N) is 1. The number of hydrogen-bond donors (Lipinski definition) is 3. The van der Waals surface area contributed by atoms with Crippen LogP contribution < -0.4 is 10.5 Å². The fourth-order valence-corrected chi connectivity index (χ4v) is 3.43. The Morgan fingerprint density at radius 2 is 2.12 bits per heavy atom. The molecule has 0 aliphatic heterocycles. The van der Waals surface area contributed by atoms with Gasteiger partial charge < -0.3 is 10.9 Å². The molecule has 0 aromatic heterocycles. The number of nitrogens with zero attached hydrogens (tertiary/aromatic N) is 1. The standard InChI is InChI=1S/C9H19N3O3S/c1-7(9(10)12-13)6-11-16(14,15)8-4-2-3-5-8/h7-8,11,13H,2-6H2,1H3,(H2,10,12). The molecule has 6 nitrogen and oxygen atoms in total. The Hall–Kier alpha value is -0.820. The van der Waals surface area contributed by atoms with Crippen molar-refractivity contribution in [2.75, 3.05) is 6.54 Å². The van der Waals surface area contributed by atoms with Crippen LogP contribution in [0.3, 0.4) is 0 Å². The summed E-state index contributed by atoms with van der Waals surface area (Å²) in [6, 6.07) is 0. The average molecular weight is 249 g/mol. The van der Waals surface area contributed by atoms with Crippen LogP contribution in [0.5, 0.6) is 0 Å². The molecule has 1 atom stereocenters. The van der Waals surface area contributed by atoms with Gasteiger partial charge in [0.05, 0.1) is 5.25 Å². The normalized spacial score (nSPS) is 21.2. The van der Waals surface area contributed by atoms with Crippen LogP contribution in [0, 0.1) is 5.92 Å². The minimum atomic E-state index is -3.24. The van der Waals surface area contributed by atoms with Gasteiger partial charge in [0.2, 0.25) is 10.0 Å². The summed E-state index contributed by atoms with van der Waals surface area (Å²) in [7, 11) is -3.24. The van der Waals surface area contributed by atoms with Crippen molar-refractivity contribution in [3.05, 3.63) is 0 Å². The van der Waals surface area contributed by atoms with Crippen LogP contribution in [-0.4, -0.2) is 31.3 Å². The van der Waals surface area contributed by atoms with E-state index in [-0.39, 0.29) is 23.5 Å². The molecule has 0 amide bonds. The summed E-state index contributed by atoms with van der Waals surface area (Å²) in [4.78, 5) is 0. The van der Waals surface area contributed by atoms with Crippen LogP contribution in [0.25, 0.3) is 0 Å². The van der Waals surface area contributed by atoms with Crippen molar-refractivity contribution in [2.45, 2.75) is 37.9 Å². The third-order valence-corrected chi connectivity index (χ3v) is 4.87. The summed E-state index contributed by atoms with van der Waals surface area (Å²) in [5.74, 6) is -0.268. The van der Waals surface area contributed by atoms with E-state index in [1.54, 1.807) is 6.92 Å². The molecule has 0 aromatic carbocycles. The van der Waals surface area contributed by atoms with Gasteiger partial charge in [-0.15, -0.1) is 0 Å². The molecule has 0 heterocycles. The Morgan fingerprint density at radius 1 is 1.56 bits per heavy atom. The van der Waals surface area contributed by atoms with Gasteiger partial charge >= 0.3 is 0 Å². The van der Waals surface area contributed by atoms with Crippen molar-refractivity contribution in [1.29, 1.82) is 0 Å². The molecule has 0 aromatic rings. The lowest BCUT2D eigenvalue weighted by atomic mass is 10.2. The Labute approximate surface area is 95.9 Å². The third-order valence-electron chi connectivity index (χ3n) is 2.95. The smallest absolute Gasteiger partial charge is 0.214 e. The van der Waals surface area contributed by atoms with E-state index in [2.05, 4.69) is 9.88 Å². The molecule has 1 rings (SSSR count). The van der Waals surface area contributed by atoms with E-state index in [9.17, 15) is 8.42 Å². The van der Waals surface area contributed by atoms with E-state index in [1.807, 2.05) is 0 Å². The number of sulfonamides is 1. The molecule has 0 radical (unpaired) electrons. The van der Waals surface area contributed by atoms with Gasteiger partial charge in [-0.2, -0.15) is 0 Å². The first-order chi connectivity index (χ1) is 7.47. The van der Waals surface area contributed by atoms with Crippen LogP contribution in [0.1, 0.15) is 32.6 Å². The predicted octanol–water partition coefficient (Wildman–Crippen LogP) is 0.231. The molecule has 94 valence electrons. The highest BCUT2D eigenvalue weighted by molar-refractivity contribution is 7.90. The molecule has 7 heteroatoms. The predicted molar refractivity (Wildman–Crippen MR) is 61.8 cm³/mol. The second-order valence-electron chi connectivity index (χ2n) is 4.23. The van der Waals surface area contributed by atoms with Crippen LogP contribution in [0.15, 0.2) is 5.16 Å². The van der Waals surface area contributed by atoms with E-state index in [1.165, 1.54) is 0 Å². The Kier molecular flexibility index (Phi) is 4.55. The van der Waals surface area contributed by atoms with Gasteiger partial charge in [-0.25, -0.2) is 13.1 Å². The van der Waals surface area contributed by atoms with Crippen LogP contribution >= 0.6 is 0 Å². The van der Waals surface area contributed by atoms with Crippen molar-refractivity contribution in [1.82, 2.24) is 4.72 Å². The van der Waals surface area contributed by atoms with E-state index in [4.69, 9.17) is 10.9 Å². The van der Waals surface area contributed by atoms with E-state index in [0.717, 1.165) is 25.7 Å². The van der Waals surface area contributed by atoms with Crippen LogP contribution in [-0.2, 0) is 10.0 Å². The van der Waals surface area contributed by atoms with E-state index < -0.39 is 10.0 Å². The van der Waals surface area contributed by atoms with E-state index in [0.29, 0.717) is 0 Å². The first-order valence-electron chi connectivity index (χ1n) is 5.43. The Bertz CT molecular complexity index is 347. The van der Waals surface area contributed by atoms with Crippen LogP contribution in [0.4, 0.5) is 0 Å². The van der Waals surface area contributed by atoms with Crippen LogP contribution in [0.2, 0.25) is 0 Å². The lowest BCUT2D eigenvalue weighted by molar-refractivity contribution is 0.314. The Balaban J connectivity index is 2.47. The molecule has 1 fully saturated rings. The molecular weight excluding hydrogens is 230 g/mol. The molecule has 1 unspecified atom stereocenters. The maximum Gasteiger partial charge on any atom is 0.214 e. The summed E-state index contributed by atoms with van der Waals surface area (Å²) in [6.07, 6.45) is 3.41. The van der Waals surface area contributed by atoms with Gasteiger partial charge in [0.25, 0.3) is 0 Å². The van der Waals surface area contributed by atoms with E-state index >= 15 is 0 Å². The largest absolute Gasteiger partial charge is 0.409 e. The summed E-state index contributed by atoms with van der Waals surface area (Å²) in [5.41, 5.74) is 5.36. The zero-order valence-electron chi connectivity index (χ0n) is 9.39. The maximum absolute atomic E-state index is 11.8. The fourth-order valence-electron chi connectivity index (χ4n) is 1.76. The van der Waals surface area contributed by atoms with Crippen molar-refractivity contribution in [3.8, 4) is 0 Å². The average Bonchev–Trinajstić information content (AvgIpc) is 2.78. The molecular formula is C9H19N3O3S. The lowest BCUT2D eigenvalue weighted by Gasteiger charge is -2.15. The van der Waals surface area contributed by atoms with Crippen molar-refractivity contribution >= 4 is 15.9 Å². The molecule has 1 aliphatic carbocycles. The fraction of sp³-hybridized carbons (Fsp3) is 0.889. The maximum atomic E-state index is 11.8. The number of oxime groups is 1. The van der Waals surface area contributed by atoms with Gasteiger partial charge in [0, 0.05) is 12.5 Å². The number of hydrogen-bond acceptors (Lipinski definition) is 4. The van der Waals surface area contributed by atoms with Crippen molar-refractivity contribution < 1.29 is 13.6 Å². The number of amidine groups is 1. The molecule has 0 bridgehead atoms. The zero-order chi connectivity index (χ0) is 12.2. The summed E-state index contributed by atoms with van der Waals surface area (Å²) in [5, 5.41) is 11.0. The van der Waals surface area contributed by atoms with Gasteiger partial charge in [0.15, 0.2) is 0 Å². The number of nitrogens with one attached hydrogen (secondary N) is 1. The molecule has 1 aliphatic rings. The van der Waals surface area contributed by atoms with Crippen molar-refractivity contribution in [3.63, 3.8) is 0 Å². The van der Waals surface area contributed by atoms with Crippen molar-refractivity contribution in [2.24, 2.45) is 16.8 Å². The third kappa shape index (κ3) is 3.34.